The molecule has 2 aliphatic heterocycles. The molecule has 0 spiro atoms. The lowest BCUT2D eigenvalue weighted by atomic mass is 10.1. The average molecular weight is 212 g/mol. The van der Waals surface area contributed by atoms with E-state index in [9.17, 15) is 0 Å². The zero-order valence-corrected chi connectivity index (χ0v) is 9.95. The molecule has 3 nitrogen and oxygen atoms in total. The largest absolute Gasteiger partial charge is 0.380 e. The van der Waals surface area contributed by atoms with Crippen LogP contribution >= 0.6 is 0 Å². The number of methoxy groups -OCH3 is 1. The molecule has 0 aromatic carbocycles. The summed E-state index contributed by atoms with van der Waals surface area (Å²) in [7, 11) is 1.83. The van der Waals surface area contributed by atoms with E-state index in [-0.39, 0.29) is 0 Å². The summed E-state index contributed by atoms with van der Waals surface area (Å²) in [5, 5.41) is 0. The molecule has 15 heavy (non-hydrogen) atoms. The normalized spacial score (nSPS) is 29.8. The predicted octanol–water partition coefficient (Wildman–Crippen LogP) is 1.19. The Bertz CT molecular complexity index is 180. The van der Waals surface area contributed by atoms with Crippen LogP contribution in [0, 0.1) is 0 Å². The molecule has 0 N–H and O–H groups in total. The van der Waals surface area contributed by atoms with Crippen LogP contribution in [0.25, 0.3) is 0 Å². The lowest BCUT2D eigenvalue weighted by Crippen LogP contribution is -2.37. The summed E-state index contributed by atoms with van der Waals surface area (Å²) in [6.45, 7) is 7.51. The molecule has 0 bridgehead atoms. The second-order valence-electron chi connectivity index (χ2n) is 4.85. The van der Waals surface area contributed by atoms with Crippen LogP contribution in [0.2, 0.25) is 0 Å². The highest BCUT2D eigenvalue weighted by Gasteiger charge is 2.22. The highest BCUT2D eigenvalue weighted by Crippen LogP contribution is 2.12. The number of hydrogen-bond donors (Lipinski definition) is 0. The second kappa shape index (κ2) is 5.83. The third-order valence-electron chi connectivity index (χ3n) is 3.74. The van der Waals surface area contributed by atoms with E-state index in [4.69, 9.17) is 4.74 Å². The first-order valence-electron chi connectivity index (χ1n) is 6.36. The fourth-order valence-corrected chi connectivity index (χ4v) is 2.66. The summed E-state index contributed by atoms with van der Waals surface area (Å²) in [5.74, 6) is 0. The Morgan fingerprint density at radius 2 is 1.73 bits per heavy atom. The molecule has 2 rings (SSSR count). The van der Waals surface area contributed by atoms with Crippen LogP contribution in [0.3, 0.4) is 0 Å². The van der Waals surface area contributed by atoms with E-state index < -0.39 is 0 Å². The minimum Gasteiger partial charge on any atom is -0.380 e. The predicted molar refractivity (Wildman–Crippen MR) is 62.1 cm³/mol. The zero-order valence-electron chi connectivity index (χ0n) is 9.95. The van der Waals surface area contributed by atoms with E-state index in [1.165, 1.54) is 58.4 Å². The monoisotopic (exact) mass is 212 g/mol. The molecule has 2 aliphatic rings. The average Bonchev–Trinajstić information content (AvgIpc) is 2.76. The van der Waals surface area contributed by atoms with Crippen LogP contribution in [0.1, 0.15) is 25.7 Å². The topological polar surface area (TPSA) is 15.7 Å². The molecule has 0 aromatic rings. The lowest BCUT2D eigenvalue weighted by molar-refractivity contribution is 0.105. The van der Waals surface area contributed by atoms with Crippen LogP contribution in [0.15, 0.2) is 0 Å². The summed E-state index contributed by atoms with van der Waals surface area (Å²) < 4.78 is 5.38. The Kier molecular flexibility index (Phi) is 4.42. The summed E-state index contributed by atoms with van der Waals surface area (Å²) in [4.78, 5) is 5.16. The lowest BCUT2D eigenvalue weighted by Gasteiger charge is -2.28. The van der Waals surface area contributed by atoms with Gasteiger partial charge < -0.3 is 9.64 Å². The van der Waals surface area contributed by atoms with Crippen molar-refractivity contribution in [3.05, 3.63) is 0 Å². The minimum atomic E-state index is 0.492. The van der Waals surface area contributed by atoms with Gasteiger partial charge in [-0.25, -0.2) is 0 Å². The van der Waals surface area contributed by atoms with Crippen molar-refractivity contribution in [2.75, 3.05) is 46.4 Å². The van der Waals surface area contributed by atoms with Gasteiger partial charge in [0, 0.05) is 33.3 Å². The maximum Gasteiger partial charge on any atom is 0.0710 e. The van der Waals surface area contributed by atoms with Crippen LogP contribution < -0.4 is 0 Å². The number of hydrogen-bond acceptors (Lipinski definition) is 3. The van der Waals surface area contributed by atoms with Crippen molar-refractivity contribution in [3.63, 3.8) is 0 Å². The summed E-state index contributed by atoms with van der Waals surface area (Å²) >= 11 is 0. The molecular weight excluding hydrogens is 188 g/mol. The van der Waals surface area contributed by atoms with E-state index in [0.29, 0.717) is 6.10 Å². The Morgan fingerprint density at radius 3 is 2.40 bits per heavy atom. The maximum absolute atomic E-state index is 5.38. The third kappa shape index (κ3) is 3.44. The highest BCUT2D eigenvalue weighted by atomic mass is 16.5. The SMILES string of the molecule is COC1CCN(CCN2CCCCC2)C1. The first kappa shape index (κ1) is 11.4. The van der Waals surface area contributed by atoms with Gasteiger partial charge in [0.25, 0.3) is 0 Å². The molecule has 2 fully saturated rings. The van der Waals surface area contributed by atoms with Crippen LogP contribution in [-0.4, -0.2) is 62.3 Å². The van der Waals surface area contributed by atoms with Gasteiger partial charge in [-0.2, -0.15) is 0 Å². The maximum atomic E-state index is 5.38. The molecule has 0 amide bonds. The van der Waals surface area contributed by atoms with Crippen LogP contribution in [0.5, 0.6) is 0 Å². The molecule has 2 heterocycles. The summed E-state index contributed by atoms with van der Waals surface area (Å²) in [5.41, 5.74) is 0. The van der Waals surface area contributed by atoms with Gasteiger partial charge in [0.2, 0.25) is 0 Å². The summed E-state index contributed by atoms with van der Waals surface area (Å²) in [6, 6.07) is 0. The standard InChI is InChI=1S/C12H24N2O/c1-15-12-5-8-14(11-12)10-9-13-6-3-2-4-7-13/h12H,2-11H2,1H3. The van der Waals surface area contributed by atoms with Crippen molar-refractivity contribution in [3.8, 4) is 0 Å². The van der Waals surface area contributed by atoms with Gasteiger partial charge in [0.1, 0.15) is 0 Å². The van der Waals surface area contributed by atoms with Gasteiger partial charge in [-0.05, 0) is 32.4 Å². The van der Waals surface area contributed by atoms with Crippen molar-refractivity contribution in [2.24, 2.45) is 0 Å². The number of rotatable bonds is 4. The molecular formula is C12H24N2O. The van der Waals surface area contributed by atoms with Crippen molar-refractivity contribution < 1.29 is 4.74 Å². The van der Waals surface area contributed by atoms with E-state index in [2.05, 4.69) is 9.80 Å². The molecule has 1 atom stereocenters. The van der Waals surface area contributed by atoms with E-state index >= 15 is 0 Å². The van der Waals surface area contributed by atoms with Crippen molar-refractivity contribution in [2.45, 2.75) is 31.8 Å². The Morgan fingerprint density at radius 1 is 1.00 bits per heavy atom. The fourth-order valence-electron chi connectivity index (χ4n) is 2.66. The van der Waals surface area contributed by atoms with Gasteiger partial charge in [0.15, 0.2) is 0 Å². The van der Waals surface area contributed by atoms with Crippen LogP contribution in [0.4, 0.5) is 0 Å². The first-order valence-corrected chi connectivity index (χ1v) is 6.36. The number of nitrogens with zero attached hydrogens (tertiary/aromatic N) is 2. The smallest absolute Gasteiger partial charge is 0.0710 e. The Balaban J connectivity index is 1.61. The molecule has 0 radical (unpaired) electrons. The van der Waals surface area contributed by atoms with E-state index in [1.807, 2.05) is 7.11 Å². The zero-order chi connectivity index (χ0) is 10.5. The molecule has 1 unspecified atom stereocenters. The van der Waals surface area contributed by atoms with Crippen molar-refractivity contribution >= 4 is 0 Å². The molecule has 2 saturated heterocycles. The number of piperidine rings is 1. The third-order valence-corrected chi connectivity index (χ3v) is 3.74. The number of likely N-dealkylation sites (tertiary alicyclic amines) is 2. The van der Waals surface area contributed by atoms with Crippen LogP contribution in [-0.2, 0) is 4.74 Å². The highest BCUT2D eigenvalue weighted by molar-refractivity contribution is 4.77. The number of ether oxygens (including phenoxy) is 1. The molecule has 0 aromatic heterocycles. The Labute approximate surface area is 93.4 Å². The van der Waals surface area contributed by atoms with Gasteiger partial charge in [-0.15, -0.1) is 0 Å². The quantitative estimate of drug-likeness (QED) is 0.696. The molecule has 0 saturated carbocycles. The molecule has 88 valence electrons. The molecule has 3 heteroatoms. The fraction of sp³-hybridized carbons (Fsp3) is 1.00. The second-order valence-corrected chi connectivity index (χ2v) is 4.85. The van der Waals surface area contributed by atoms with Crippen molar-refractivity contribution in [1.82, 2.24) is 9.80 Å². The van der Waals surface area contributed by atoms with Crippen molar-refractivity contribution in [1.29, 1.82) is 0 Å². The van der Waals surface area contributed by atoms with E-state index in [0.717, 1.165) is 6.54 Å². The van der Waals surface area contributed by atoms with E-state index in [1.54, 1.807) is 0 Å². The first-order chi connectivity index (χ1) is 7.38. The van der Waals surface area contributed by atoms with Gasteiger partial charge in [-0.3, -0.25) is 4.90 Å². The van der Waals surface area contributed by atoms with Gasteiger partial charge >= 0.3 is 0 Å². The summed E-state index contributed by atoms with van der Waals surface area (Å²) in [6.07, 6.45) is 5.95. The molecule has 0 aliphatic carbocycles. The Hall–Kier alpha value is -0.120. The minimum absolute atomic E-state index is 0.492. The van der Waals surface area contributed by atoms with Gasteiger partial charge in [-0.1, -0.05) is 6.42 Å². The van der Waals surface area contributed by atoms with Gasteiger partial charge in [0.05, 0.1) is 6.10 Å².